The van der Waals surface area contributed by atoms with Gasteiger partial charge in [-0.15, -0.1) is 0 Å². The quantitative estimate of drug-likeness (QED) is 0.357. The molecule has 0 aromatic heterocycles. The Bertz CT molecular complexity index is 267. The highest BCUT2D eigenvalue weighted by Crippen LogP contribution is 2.57. The molecule has 1 saturated carbocycles. The Morgan fingerprint density at radius 2 is 1.92 bits per heavy atom. The van der Waals surface area contributed by atoms with Crippen LogP contribution in [-0.4, -0.2) is 18.2 Å². The number of carbonyl (C=O) groups excluding carboxylic acids is 3. The van der Waals surface area contributed by atoms with E-state index in [0.717, 1.165) is 6.29 Å². The van der Waals surface area contributed by atoms with Gasteiger partial charge in [0.05, 0.1) is 5.92 Å². The second kappa shape index (κ2) is 2.94. The Morgan fingerprint density at radius 3 is 2.23 bits per heavy atom. The van der Waals surface area contributed by atoms with Crippen molar-refractivity contribution in [3.63, 3.8) is 0 Å². The SMILES string of the molecule is CC(=O)OC(=O)[C@@H]1[C@H](C=O)C1(C)C. The van der Waals surface area contributed by atoms with Gasteiger partial charge in [-0.05, 0) is 5.41 Å². The van der Waals surface area contributed by atoms with Crippen LogP contribution in [0.3, 0.4) is 0 Å². The van der Waals surface area contributed by atoms with Crippen molar-refractivity contribution in [1.29, 1.82) is 0 Å². The topological polar surface area (TPSA) is 60.4 Å². The van der Waals surface area contributed by atoms with E-state index in [1.54, 1.807) is 13.8 Å². The summed E-state index contributed by atoms with van der Waals surface area (Å²) in [7, 11) is 0. The van der Waals surface area contributed by atoms with Crippen LogP contribution in [0.15, 0.2) is 0 Å². The summed E-state index contributed by atoms with van der Waals surface area (Å²) in [5.41, 5.74) is -0.353. The first kappa shape index (κ1) is 9.89. The minimum absolute atomic E-state index is 0.306. The molecule has 72 valence electrons. The van der Waals surface area contributed by atoms with Gasteiger partial charge >= 0.3 is 11.9 Å². The molecule has 0 N–H and O–H groups in total. The number of carbonyl (C=O) groups is 3. The van der Waals surface area contributed by atoms with Crippen LogP contribution in [0, 0.1) is 17.3 Å². The van der Waals surface area contributed by atoms with Gasteiger partial charge in [0, 0.05) is 12.8 Å². The predicted octanol–water partition coefficient (Wildman–Crippen LogP) is 0.547. The van der Waals surface area contributed by atoms with Gasteiger partial charge in [-0.2, -0.15) is 0 Å². The predicted molar refractivity (Wildman–Crippen MR) is 43.6 cm³/mol. The summed E-state index contributed by atoms with van der Waals surface area (Å²) in [6, 6.07) is 0. The Morgan fingerprint density at radius 1 is 1.38 bits per heavy atom. The Balaban J connectivity index is 2.61. The second-order valence-corrected chi connectivity index (χ2v) is 3.87. The van der Waals surface area contributed by atoms with Crippen molar-refractivity contribution in [2.24, 2.45) is 17.3 Å². The zero-order valence-electron chi connectivity index (χ0n) is 7.87. The molecule has 2 atom stereocenters. The van der Waals surface area contributed by atoms with Crippen molar-refractivity contribution in [1.82, 2.24) is 0 Å². The van der Waals surface area contributed by atoms with Gasteiger partial charge in [0.25, 0.3) is 0 Å². The first-order chi connectivity index (χ1) is 5.91. The van der Waals surface area contributed by atoms with E-state index < -0.39 is 17.9 Å². The van der Waals surface area contributed by atoms with E-state index >= 15 is 0 Å². The molecule has 0 saturated heterocycles. The van der Waals surface area contributed by atoms with Gasteiger partial charge in [-0.3, -0.25) is 9.59 Å². The first-order valence-corrected chi connectivity index (χ1v) is 4.08. The third-order valence-corrected chi connectivity index (χ3v) is 2.56. The van der Waals surface area contributed by atoms with Crippen molar-refractivity contribution in [3.05, 3.63) is 0 Å². The number of esters is 2. The first-order valence-electron chi connectivity index (χ1n) is 4.08. The van der Waals surface area contributed by atoms with Gasteiger partial charge in [-0.25, -0.2) is 0 Å². The Labute approximate surface area is 76.3 Å². The lowest BCUT2D eigenvalue weighted by atomic mass is 10.1. The van der Waals surface area contributed by atoms with Crippen LogP contribution in [-0.2, 0) is 19.1 Å². The van der Waals surface area contributed by atoms with E-state index in [9.17, 15) is 14.4 Å². The Kier molecular flexibility index (Phi) is 2.24. The maximum absolute atomic E-state index is 11.2. The average Bonchev–Trinajstić information content (AvgIpc) is 2.51. The van der Waals surface area contributed by atoms with Crippen LogP contribution >= 0.6 is 0 Å². The molecule has 0 amide bonds. The van der Waals surface area contributed by atoms with Gasteiger partial charge < -0.3 is 9.53 Å². The lowest BCUT2D eigenvalue weighted by Crippen LogP contribution is -2.13. The van der Waals surface area contributed by atoms with Gasteiger partial charge in [-0.1, -0.05) is 13.8 Å². The third kappa shape index (κ3) is 1.61. The monoisotopic (exact) mass is 184 g/mol. The van der Waals surface area contributed by atoms with Crippen molar-refractivity contribution < 1.29 is 19.1 Å². The lowest BCUT2D eigenvalue weighted by molar-refractivity contribution is -0.159. The van der Waals surface area contributed by atoms with Crippen molar-refractivity contribution in [2.75, 3.05) is 0 Å². The average molecular weight is 184 g/mol. The van der Waals surface area contributed by atoms with Crippen LogP contribution in [0.25, 0.3) is 0 Å². The minimum Gasteiger partial charge on any atom is -0.393 e. The van der Waals surface area contributed by atoms with E-state index in [2.05, 4.69) is 4.74 Å². The molecule has 0 aromatic rings. The fraction of sp³-hybridized carbons (Fsp3) is 0.667. The maximum atomic E-state index is 11.2. The number of aldehydes is 1. The number of rotatable bonds is 2. The van der Waals surface area contributed by atoms with E-state index in [0.29, 0.717) is 0 Å². The molecular formula is C9H12O4. The van der Waals surface area contributed by atoms with Crippen molar-refractivity contribution in [2.45, 2.75) is 20.8 Å². The minimum atomic E-state index is -0.627. The van der Waals surface area contributed by atoms with Crippen LogP contribution < -0.4 is 0 Å². The molecule has 1 aliphatic carbocycles. The van der Waals surface area contributed by atoms with E-state index in [-0.39, 0.29) is 11.3 Å². The largest absolute Gasteiger partial charge is 0.393 e. The molecule has 13 heavy (non-hydrogen) atoms. The van der Waals surface area contributed by atoms with Crippen LogP contribution in [0.5, 0.6) is 0 Å². The summed E-state index contributed by atoms with van der Waals surface area (Å²) in [6.07, 6.45) is 0.742. The molecule has 0 unspecified atom stereocenters. The van der Waals surface area contributed by atoms with Gasteiger partial charge in [0.2, 0.25) is 0 Å². The highest BCUT2D eigenvalue weighted by atomic mass is 16.6. The zero-order valence-corrected chi connectivity index (χ0v) is 7.87. The summed E-state index contributed by atoms with van der Waals surface area (Å²) in [4.78, 5) is 32.2. The van der Waals surface area contributed by atoms with E-state index in [4.69, 9.17) is 0 Å². The highest BCUT2D eigenvalue weighted by Gasteiger charge is 2.63. The van der Waals surface area contributed by atoms with Crippen LogP contribution in [0.2, 0.25) is 0 Å². The van der Waals surface area contributed by atoms with Gasteiger partial charge in [0.1, 0.15) is 6.29 Å². The lowest BCUT2D eigenvalue weighted by Gasteiger charge is -2.00. The highest BCUT2D eigenvalue weighted by molar-refractivity contribution is 5.91. The molecule has 4 nitrogen and oxygen atoms in total. The van der Waals surface area contributed by atoms with Crippen molar-refractivity contribution in [3.8, 4) is 0 Å². The number of hydrogen-bond acceptors (Lipinski definition) is 4. The summed E-state index contributed by atoms with van der Waals surface area (Å²) in [6.45, 7) is 4.78. The molecular weight excluding hydrogens is 172 g/mol. The Hall–Kier alpha value is -1.19. The molecule has 0 bridgehead atoms. The van der Waals surface area contributed by atoms with Gasteiger partial charge in [0.15, 0.2) is 0 Å². The molecule has 1 aliphatic rings. The summed E-state index contributed by atoms with van der Waals surface area (Å²) < 4.78 is 4.41. The molecule has 0 heterocycles. The standard InChI is InChI=1S/C9H12O4/c1-5(11)13-8(12)7-6(4-10)9(7,2)3/h4,6-7H,1-3H3/t6-,7-/m0/s1. The third-order valence-electron chi connectivity index (χ3n) is 2.56. The summed E-state index contributed by atoms with van der Waals surface area (Å²) in [5.74, 6) is -1.97. The normalized spacial score (nSPS) is 29.2. The van der Waals surface area contributed by atoms with E-state index in [1.165, 1.54) is 6.92 Å². The molecule has 0 spiro atoms. The van der Waals surface area contributed by atoms with Crippen LogP contribution in [0.1, 0.15) is 20.8 Å². The molecule has 0 aliphatic heterocycles. The number of ether oxygens (including phenoxy) is 1. The second-order valence-electron chi connectivity index (χ2n) is 3.87. The molecule has 4 heteroatoms. The van der Waals surface area contributed by atoms with Crippen LogP contribution in [0.4, 0.5) is 0 Å². The molecule has 1 rings (SSSR count). The summed E-state index contributed by atoms with van der Waals surface area (Å²) >= 11 is 0. The van der Waals surface area contributed by atoms with E-state index in [1.807, 2.05) is 0 Å². The molecule has 0 radical (unpaired) electrons. The van der Waals surface area contributed by atoms with Crippen molar-refractivity contribution >= 4 is 18.2 Å². The number of hydrogen-bond donors (Lipinski definition) is 0. The fourth-order valence-corrected chi connectivity index (χ4v) is 1.59. The summed E-state index contributed by atoms with van der Waals surface area (Å²) in [5, 5.41) is 0. The molecule has 1 fully saturated rings. The smallest absolute Gasteiger partial charge is 0.317 e. The fourth-order valence-electron chi connectivity index (χ4n) is 1.59. The molecule has 0 aromatic carbocycles. The zero-order chi connectivity index (χ0) is 10.2. The maximum Gasteiger partial charge on any atom is 0.317 e.